The van der Waals surface area contributed by atoms with Crippen LogP contribution in [0.1, 0.15) is 54.3 Å². The van der Waals surface area contributed by atoms with Crippen molar-refractivity contribution in [2.24, 2.45) is 5.41 Å². The summed E-state index contributed by atoms with van der Waals surface area (Å²) in [5.74, 6) is 1.71. The summed E-state index contributed by atoms with van der Waals surface area (Å²) in [5.41, 5.74) is 1.14. The molecule has 0 atom stereocenters. The molecule has 1 saturated carbocycles. The number of amides is 1. The second kappa shape index (κ2) is 4.58. The Bertz CT molecular complexity index is 504. The average molecular weight is 274 g/mol. The van der Waals surface area contributed by atoms with E-state index in [0.717, 1.165) is 44.8 Å². The van der Waals surface area contributed by atoms with Gasteiger partial charge in [-0.1, -0.05) is 0 Å². The first-order valence-electron chi connectivity index (χ1n) is 7.81. The van der Waals surface area contributed by atoms with E-state index in [1.165, 1.54) is 19.3 Å². The van der Waals surface area contributed by atoms with E-state index in [-0.39, 0.29) is 5.91 Å². The standard InChI is InChI=1S/C15H22N4O/c20-14(12-9-17-13(18-12)11-1-2-11)19-7-4-15(5-8-19)3-6-16-10-15/h9,11,16H,1-8,10H2,(H,17,18). The molecule has 0 unspecified atom stereocenters. The van der Waals surface area contributed by atoms with Crippen molar-refractivity contribution in [1.82, 2.24) is 20.2 Å². The van der Waals surface area contributed by atoms with Gasteiger partial charge in [-0.3, -0.25) is 4.79 Å². The van der Waals surface area contributed by atoms with Gasteiger partial charge in [0.15, 0.2) is 0 Å². The predicted octanol–water partition coefficient (Wildman–Crippen LogP) is 1.50. The third-order valence-corrected chi connectivity index (χ3v) is 5.23. The highest BCUT2D eigenvalue weighted by Gasteiger charge is 2.38. The molecular weight excluding hydrogens is 252 g/mol. The van der Waals surface area contributed by atoms with E-state index in [4.69, 9.17) is 0 Å². The van der Waals surface area contributed by atoms with Crippen LogP contribution in [0.4, 0.5) is 0 Å². The minimum atomic E-state index is 0.130. The molecular formula is C15H22N4O. The molecule has 1 aromatic heterocycles. The summed E-state index contributed by atoms with van der Waals surface area (Å²) < 4.78 is 0. The van der Waals surface area contributed by atoms with Crippen molar-refractivity contribution in [3.05, 3.63) is 17.7 Å². The summed E-state index contributed by atoms with van der Waals surface area (Å²) in [5, 5.41) is 3.46. The predicted molar refractivity (Wildman–Crippen MR) is 75.6 cm³/mol. The zero-order valence-corrected chi connectivity index (χ0v) is 11.8. The summed E-state index contributed by atoms with van der Waals surface area (Å²) in [4.78, 5) is 22.1. The van der Waals surface area contributed by atoms with Gasteiger partial charge in [0.05, 0.1) is 6.20 Å². The molecule has 4 rings (SSSR count). The normalized spacial score (nSPS) is 25.3. The molecule has 1 spiro atoms. The SMILES string of the molecule is O=C(c1cnc(C2CC2)[nH]1)N1CCC2(CCNC2)CC1. The van der Waals surface area contributed by atoms with Crippen molar-refractivity contribution >= 4 is 5.91 Å². The van der Waals surface area contributed by atoms with Gasteiger partial charge >= 0.3 is 0 Å². The maximum absolute atomic E-state index is 12.5. The van der Waals surface area contributed by atoms with Crippen LogP contribution in [0.25, 0.3) is 0 Å². The van der Waals surface area contributed by atoms with Crippen molar-refractivity contribution in [2.45, 2.75) is 38.0 Å². The van der Waals surface area contributed by atoms with Gasteiger partial charge in [-0.15, -0.1) is 0 Å². The van der Waals surface area contributed by atoms with Crippen molar-refractivity contribution < 1.29 is 4.79 Å². The van der Waals surface area contributed by atoms with E-state index in [1.807, 2.05) is 4.90 Å². The molecule has 1 amide bonds. The third kappa shape index (κ3) is 2.14. The number of imidazole rings is 1. The zero-order chi connectivity index (χ0) is 13.6. The lowest BCUT2D eigenvalue weighted by atomic mass is 9.78. The molecule has 5 nitrogen and oxygen atoms in total. The van der Waals surface area contributed by atoms with Gasteiger partial charge in [0, 0.05) is 25.6 Å². The summed E-state index contributed by atoms with van der Waals surface area (Å²) in [7, 11) is 0. The third-order valence-electron chi connectivity index (χ3n) is 5.23. The van der Waals surface area contributed by atoms with Crippen LogP contribution in [0.5, 0.6) is 0 Å². The van der Waals surface area contributed by atoms with Crippen LogP contribution in [0, 0.1) is 5.41 Å². The number of hydrogen-bond acceptors (Lipinski definition) is 3. The maximum atomic E-state index is 12.5. The second-order valence-corrected chi connectivity index (χ2v) is 6.68. The van der Waals surface area contributed by atoms with Gasteiger partial charge < -0.3 is 15.2 Å². The van der Waals surface area contributed by atoms with Crippen LogP contribution in [0.2, 0.25) is 0 Å². The van der Waals surface area contributed by atoms with Crippen molar-refractivity contribution in [1.29, 1.82) is 0 Å². The number of nitrogens with one attached hydrogen (secondary N) is 2. The lowest BCUT2D eigenvalue weighted by Crippen LogP contribution is -2.44. The van der Waals surface area contributed by atoms with Crippen LogP contribution >= 0.6 is 0 Å². The molecule has 1 aromatic rings. The van der Waals surface area contributed by atoms with E-state index in [9.17, 15) is 4.79 Å². The summed E-state index contributed by atoms with van der Waals surface area (Å²) in [6, 6.07) is 0. The van der Waals surface area contributed by atoms with Gasteiger partial charge in [-0.05, 0) is 44.1 Å². The van der Waals surface area contributed by atoms with Crippen molar-refractivity contribution in [3.63, 3.8) is 0 Å². The van der Waals surface area contributed by atoms with Crippen molar-refractivity contribution in [2.75, 3.05) is 26.2 Å². The number of aromatic amines is 1. The van der Waals surface area contributed by atoms with Gasteiger partial charge in [0.1, 0.15) is 11.5 Å². The zero-order valence-electron chi connectivity index (χ0n) is 11.8. The van der Waals surface area contributed by atoms with Crippen LogP contribution in [-0.4, -0.2) is 47.0 Å². The molecule has 0 aromatic carbocycles. The smallest absolute Gasteiger partial charge is 0.271 e. The van der Waals surface area contributed by atoms with E-state index in [0.29, 0.717) is 17.0 Å². The largest absolute Gasteiger partial charge is 0.338 e. The van der Waals surface area contributed by atoms with E-state index in [2.05, 4.69) is 15.3 Å². The number of aromatic nitrogens is 2. The topological polar surface area (TPSA) is 61.0 Å². The van der Waals surface area contributed by atoms with Gasteiger partial charge in [-0.2, -0.15) is 0 Å². The fraction of sp³-hybridized carbons (Fsp3) is 0.733. The molecule has 3 heterocycles. The molecule has 5 heteroatoms. The molecule has 0 radical (unpaired) electrons. The maximum Gasteiger partial charge on any atom is 0.271 e. The highest BCUT2D eigenvalue weighted by atomic mass is 16.2. The van der Waals surface area contributed by atoms with E-state index >= 15 is 0 Å². The number of likely N-dealkylation sites (tertiary alicyclic amines) is 1. The Morgan fingerprint density at radius 1 is 1.30 bits per heavy atom. The fourth-order valence-electron chi connectivity index (χ4n) is 3.59. The number of H-pyrrole nitrogens is 1. The Morgan fingerprint density at radius 2 is 2.10 bits per heavy atom. The number of rotatable bonds is 2. The molecule has 20 heavy (non-hydrogen) atoms. The molecule has 108 valence electrons. The van der Waals surface area contributed by atoms with Crippen LogP contribution in [0.3, 0.4) is 0 Å². The summed E-state index contributed by atoms with van der Waals surface area (Å²) >= 11 is 0. The van der Waals surface area contributed by atoms with Crippen molar-refractivity contribution in [3.8, 4) is 0 Å². The Labute approximate surface area is 119 Å². The molecule has 2 aliphatic heterocycles. The Hall–Kier alpha value is -1.36. The Balaban J connectivity index is 1.41. The Morgan fingerprint density at radius 3 is 2.75 bits per heavy atom. The van der Waals surface area contributed by atoms with E-state index < -0.39 is 0 Å². The minimum absolute atomic E-state index is 0.130. The number of carbonyl (C=O) groups excluding carboxylic acids is 1. The molecule has 2 N–H and O–H groups in total. The first kappa shape index (κ1) is 12.4. The first-order valence-corrected chi connectivity index (χ1v) is 7.81. The quantitative estimate of drug-likeness (QED) is 0.859. The first-order chi connectivity index (χ1) is 9.76. The lowest BCUT2D eigenvalue weighted by molar-refractivity contribution is 0.0602. The van der Waals surface area contributed by atoms with Crippen LogP contribution in [-0.2, 0) is 0 Å². The minimum Gasteiger partial charge on any atom is -0.338 e. The highest BCUT2D eigenvalue weighted by molar-refractivity contribution is 5.92. The number of nitrogens with zero attached hydrogens (tertiary/aromatic N) is 2. The number of carbonyl (C=O) groups is 1. The fourth-order valence-corrected chi connectivity index (χ4v) is 3.59. The Kier molecular flexibility index (Phi) is 2.84. The van der Waals surface area contributed by atoms with Gasteiger partial charge in [0.25, 0.3) is 5.91 Å². The van der Waals surface area contributed by atoms with Gasteiger partial charge in [0.2, 0.25) is 0 Å². The lowest BCUT2D eigenvalue weighted by Gasteiger charge is -2.38. The second-order valence-electron chi connectivity index (χ2n) is 6.68. The molecule has 1 aliphatic carbocycles. The monoisotopic (exact) mass is 274 g/mol. The van der Waals surface area contributed by atoms with Crippen LogP contribution < -0.4 is 5.32 Å². The number of hydrogen-bond donors (Lipinski definition) is 2. The summed E-state index contributed by atoms with van der Waals surface area (Å²) in [6.07, 6.45) is 7.67. The number of piperidine rings is 1. The van der Waals surface area contributed by atoms with E-state index in [1.54, 1.807) is 6.20 Å². The molecule has 3 aliphatic rings. The molecule has 0 bridgehead atoms. The summed E-state index contributed by atoms with van der Waals surface area (Å²) in [6.45, 7) is 4.04. The van der Waals surface area contributed by atoms with Crippen LogP contribution in [0.15, 0.2) is 6.20 Å². The molecule has 3 fully saturated rings. The van der Waals surface area contributed by atoms with Gasteiger partial charge in [-0.25, -0.2) is 4.98 Å². The average Bonchev–Trinajstić information content (AvgIpc) is 3.04. The highest BCUT2D eigenvalue weighted by Crippen LogP contribution is 2.39. The molecule has 2 saturated heterocycles.